The second kappa shape index (κ2) is 11.4. The van der Waals surface area contributed by atoms with E-state index in [9.17, 15) is 4.79 Å². The first-order chi connectivity index (χ1) is 17.9. The van der Waals surface area contributed by atoms with E-state index in [4.69, 9.17) is 14.5 Å². The number of rotatable bonds is 9. The molecule has 1 aliphatic rings. The highest BCUT2D eigenvalue weighted by atomic mass is 32.2. The summed E-state index contributed by atoms with van der Waals surface area (Å²) >= 11 is 3.24. The minimum absolute atomic E-state index is 0.0750. The Balaban J connectivity index is 1.47. The molecule has 1 atom stereocenters. The molecule has 3 heterocycles. The summed E-state index contributed by atoms with van der Waals surface area (Å²) in [5.74, 6) is 2.01. The van der Waals surface area contributed by atoms with Crippen molar-refractivity contribution in [2.45, 2.75) is 76.8 Å². The largest absolute Gasteiger partial charge is 0.491 e. The van der Waals surface area contributed by atoms with E-state index in [1.54, 1.807) is 23.1 Å². The minimum Gasteiger partial charge on any atom is -0.491 e. The van der Waals surface area contributed by atoms with Crippen LogP contribution >= 0.6 is 23.1 Å². The summed E-state index contributed by atoms with van der Waals surface area (Å²) in [6.45, 7) is 9.57. The van der Waals surface area contributed by atoms with E-state index in [0.717, 1.165) is 50.2 Å². The monoisotopic (exact) mass is 534 g/mol. The van der Waals surface area contributed by atoms with Crippen LogP contribution in [0.1, 0.15) is 49.3 Å². The summed E-state index contributed by atoms with van der Waals surface area (Å²) in [6, 6.07) is 18.5. The van der Waals surface area contributed by atoms with Gasteiger partial charge in [0, 0.05) is 23.6 Å². The van der Waals surface area contributed by atoms with Gasteiger partial charge in [0.2, 0.25) is 0 Å². The summed E-state index contributed by atoms with van der Waals surface area (Å²) in [7, 11) is 0. The molecule has 0 saturated carbocycles. The number of benzene rings is 2. The number of hydrogen-bond acceptors (Lipinski definition) is 6. The lowest BCUT2D eigenvalue weighted by atomic mass is 9.96. The highest BCUT2D eigenvalue weighted by Crippen LogP contribution is 2.36. The van der Waals surface area contributed by atoms with Crippen molar-refractivity contribution in [3.05, 3.63) is 86.5 Å². The summed E-state index contributed by atoms with van der Waals surface area (Å²) in [6.07, 6.45) is 1.85. The van der Waals surface area contributed by atoms with Crippen molar-refractivity contribution in [2.75, 3.05) is 0 Å². The molecular weight excluding hydrogens is 500 g/mol. The fraction of sp³-hybridized carbons (Fsp3) is 0.400. The third-order valence-corrected chi connectivity index (χ3v) is 8.81. The number of nitrogens with zero attached hydrogens (tertiary/aromatic N) is 2. The fourth-order valence-electron chi connectivity index (χ4n) is 4.65. The van der Waals surface area contributed by atoms with Gasteiger partial charge in [0.25, 0.3) is 5.56 Å². The lowest BCUT2D eigenvalue weighted by Crippen LogP contribution is -2.29. The van der Waals surface area contributed by atoms with Crippen molar-refractivity contribution in [2.24, 2.45) is 5.92 Å². The second-order valence-corrected chi connectivity index (χ2v) is 12.2. The molecule has 0 amide bonds. The Kier molecular flexibility index (Phi) is 8.03. The lowest BCUT2D eigenvalue weighted by Gasteiger charge is -2.26. The molecule has 0 radical (unpaired) electrons. The molecule has 2 aromatic heterocycles. The lowest BCUT2D eigenvalue weighted by molar-refractivity contribution is 0.00200. The average Bonchev–Trinajstić information content (AvgIpc) is 3.26. The molecule has 4 aromatic rings. The van der Waals surface area contributed by atoms with Crippen molar-refractivity contribution >= 4 is 33.3 Å². The standard InChI is InChI=1S/C30H34N2O3S2/c1-19(2)25-16-24-26(17-34-25)37-28-27(24)29(33)32(15-14-21-8-6-5-7-9-21)30(31-28)36-18-22-10-12-23(13-11-22)35-20(3)4/h5-13,19-20,25H,14-18H2,1-4H3/t25-/m1/s1. The first-order valence-corrected chi connectivity index (χ1v) is 14.8. The van der Waals surface area contributed by atoms with Gasteiger partial charge >= 0.3 is 0 Å². The molecule has 0 fully saturated rings. The number of thiophene rings is 1. The molecule has 194 valence electrons. The van der Waals surface area contributed by atoms with Crippen LogP contribution in [0.3, 0.4) is 0 Å². The molecule has 0 saturated heterocycles. The highest BCUT2D eigenvalue weighted by Gasteiger charge is 2.28. The van der Waals surface area contributed by atoms with Crippen LogP contribution in [0.4, 0.5) is 0 Å². The van der Waals surface area contributed by atoms with Crippen molar-refractivity contribution in [1.82, 2.24) is 9.55 Å². The Morgan fingerprint density at radius 1 is 1.08 bits per heavy atom. The topological polar surface area (TPSA) is 53.3 Å². The average molecular weight is 535 g/mol. The number of ether oxygens (including phenoxy) is 2. The van der Waals surface area contributed by atoms with Gasteiger partial charge in [0.1, 0.15) is 10.6 Å². The molecular formula is C30H34N2O3S2. The molecule has 0 spiro atoms. The number of hydrogen-bond donors (Lipinski definition) is 0. The van der Waals surface area contributed by atoms with Crippen molar-refractivity contribution in [1.29, 1.82) is 0 Å². The molecule has 0 N–H and O–H groups in total. The van der Waals surface area contributed by atoms with Gasteiger partial charge in [-0.1, -0.05) is 68.1 Å². The number of aryl methyl sites for hydroxylation is 1. The second-order valence-electron chi connectivity index (χ2n) is 10.2. The van der Waals surface area contributed by atoms with Crippen LogP contribution < -0.4 is 10.3 Å². The quantitative estimate of drug-likeness (QED) is 0.173. The number of thioether (sulfide) groups is 1. The van der Waals surface area contributed by atoms with E-state index in [2.05, 4.69) is 38.1 Å². The zero-order chi connectivity index (χ0) is 25.9. The molecule has 1 aliphatic heterocycles. The molecule has 5 rings (SSSR count). The predicted octanol–water partition coefficient (Wildman–Crippen LogP) is 6.88. The normalized spacial score (nSPS) is 15.5. The van der Waals surface area contributed by atoms with Crippen molar-refractivity contribution in [3.8, 4) is 5.75 Å². The van der Waals surface area contributed by atoms with Gasteiger partial charge in [-0.2, -0.15) is 0 Å². The van der Waals surface area contributed by atoms with Gasteiger partial charge in [-0.05, 0) is 55.0 Å². The Bertz CT molecular complexity index is 1410. The Morgan fingerprint density at radius 3 is 2.54 bits per heavy atom. The van der Waals surface area contributed by atoms with E-state index in [1.807, 2.05) is 48.7 Å². The van der Waals surface area contributed by atoms with E-state index in [1.165, 1.54) is 11.1 Å². The maximum Gasteiger partial charge on any atom is 0.263 e. The van der Waals surface area contributed by atoms with Gasteiger partial charge < -0.3 is 9.47 Å². The van der Waals surface area contributed by atoms with Gasteiger partial charge in [0.15, 0.2) is 5.16 Å². The molecule has 0 unspecified atom stereocenters. The summed E-state index contributed by atoms with van der Waals surface area (Å²) < 4.78 is 13.8. The fourth-order valence-corrected chi connectivity index (χ4v) is 6.79. The highest BCUT2D eigenvalue weighted by molar-refractivity contribution is 7.98. The minimum atomic E-state index is 0.0750. The summed E-state index contributed by atoms with van der Waals surface area (Å²) in [4.78, 5) is 21.0. The van der Waals surface area contributed by atoms with Gasteiger partial charge in [-0.15, -0.1) is 11.3 Å². The third kappa shape index (κ3) is 5.95. The van der Waals surface area contributed by atoms with Crippen LogP contribution in [0.2, 0.25) is 0 Å². The van der Waals surface area contributed by atoms with Crippen molar-refractivity contribution in [3.63, 3.8) is 0 Å². The molecule has 2 aromatic carbocycles. The van der Waals surface area contributed by atoms with Gasteiger partial charge in [-0.25, -0.2) is 4.98 Å². The van der Waals surface area contributed by atoms with Crippen LogP contribution in [0.25, 0.3) is 10.2 Å². The van der Waals surface area contributed by atoms with Crippen LogP contribution in [0.15, 0.2) is 64.5 Å². The zero-order valence-electron chi connectivity index (χ0n) is 21.9. The smallest absolute Gasteiger partial charge is 0.263 e. The van der Waals surface area contributed by atoms with E-state index < -0.39 is 0 Å². The maximum absolute atomic E-state index is 14.0. The Labute approximate surface area is 226 Å². The summed E-state index contributed by atoms with van der Waals surface area (Å²) in [5.41, 5.74) is 3.61. The van der Waals surface area contributed by atoms with Crippen LogP contribution in [0, 0.1) is 5.92 Å². The number of fused-ring (bicyclic) bond motifs is 3. The molecule has 37 heavy (non-hydrogen) atoms. The van der Waals surface area contributed by atoms with Gasteiger partial charge in [-0.3, -0.25) is 9.36 Å². The first kappa shape index (κ1) is 26.0. The first-order valence-electron chi connectivity index (χ1n) is 13.0. The van der Waals surface area contributed by atoms with Crippen LogP contribution in [-0.4, -0.2) is 21.8 Å². The molecule has 7 heteroatoms. The molecule has 0 bridgehead atoms. The SMILES string of the molecule is CC(C)Oc1ccc(CSc2nc3sc4c(c3c(=O)n2CCc2ccccc2)C[C@H](C(C)C)OC4)cc1. The molecule has 5 nitrogen and oxygen atoms in total. The predicted molar refractivity (Wildman–Crippen MR) is 153 cm³/mol. The molecule has 0 aliphatic carbocycles. The zero-order valence-corrected chi connectivity index (χ0v) is 23.5. The van der Waals surface area contributed by atoms with E-state index in [-0.39, 0.29) is 17.8 Å². The van der Waals surface area contributed by atoms with Crippen LogP contribution in [-0.2, 0) is 36.5 Å². The summed E-state index contributed by atoms with van der Waals surface area (Å²) in [5, 5.41) is 1.57. The van der Waals surface area contributed by atoms with E-state index in [0.29, 0.717) is 19.1 Å². The Morgan fingerprint density at radius 2 is 1.84 bits per heavy atom. The van der Waals surface area contributed by atoms with Crippen LogP contribution in [0.5, 0.6) is 5.75 Å². The Hall–Kier alpha value is -2.61. The van der Waals surface area contributed by atoms with Crippen molar-refractivity contribution < 1.29 is 9.47 Å². The third-order valence-electron chi connectivity index (χ3n) is 6.67. The maximum atomic E-state index is 14.0. The van der Waals surface area contributed by atoms with Gasteiger partial charge in [0.05, 0.1) is 24.2 Å². The number of aromatic nitrogens is 2. The van der Waals surface area contributed by atoms with E-state index >= 15 is 0 Å².